The first-order valence-corrected chi connectivity index (χ1v) is 15.1. The van der Waals surface area contributed by atoms with Crippen molar-refractivity contribution in [3.63, 3.8) is 0 Å². The van der Waals surface area contributed by atoms with Gasteiger partial charge in [0.15, 0.2) is 0 Å². The molecule has 3 heterocycles. The Morgan fingerprint density at radius 2 is 1.73 bits per heavy atom. The summed E-state index contributed by atoms with van der Waals surface area (Å²) in [7, 11) is -3.70. The molecule has 1 aliphatic heterocycles. The van der Waals surface area contributed by atoms with Crippen LogP contribution in [-0.2, 0) is 20.7 Å². The first-order valence-electron chi connectivity index (χ1n) is 12.8. The molecule has 1 aromatic carbocycles. The van der Waals surface area contributed by atoms with Crippen LogP contribution in [0.15, 0.2) is 53.6 Å². The van der Waals surface area contributed by atoms with Gasteiger partial charge in [-0.15, -0.1) is 11.3 Å². The minimum atomic E-state index is -3.70. The van der Waals surface area contributed by atoms with Gasteiger partial charge in [-0.2, -0.15) is 8.42 Å². The number of aromatic nitrogens is 2. The molecule has 0 saturated carbocycles. The summed E-state index contributed by atoms with van der Waals surface area (Å²) in [6.07, 6.45) is 6.21. The van der Waals surface area contributed by atoms with Crippen LogP contribution in [-0.4, -0.2) is 42.1 Å². The highest BCUT2D eigenvalue weighted by Gasteiger charge is 2.37. The molecule has 3 aromatic rings. The van der Waals surface area contributed by atoms with Gasteiger partial charge in [-0.05, 0) is 97.1 Å². The van der Waals surface area contributed by atoms with Crippen molar-refractivity contribution in [3.8, 4) is 10.6 Å². The van der Waals surface area contributed by atoms with Crippen molar-refractivity contribution in [3.05, 3.63) is 59.1 Å². The van der Waals surface area contributed by atoms with Crippen LogP contribution in [0, 0.1) is 6.92 Å². The third kappa shape index (κ3) is 7.83. The van der Waals surface area contributed by atoms with Crippen LogP contribution in [0.1, 0.15) is 63.8 Å². The van der Waals surface area contributed by atoms with E-state index in [1.165, 1.54) is 4.88 Å². The fourth-order valence-corrected chi connectivity index (χ4v) is 7.13. The number of rotatable bonds is 10. The van der Waals surface area contributed by atoms with E-state index in [0.717, 1.165) is 41.8 Å². The minimum Gasteiger partial charge on any atom is -0.351 e. The third-order valence-corrected chi connectivity index (χ3v) is 8.95. The second-order valence-corrected chi connectivity index (χ2v) is 14.0. The van der Waals surface area contributed by atoms with Gasteiger partial charge in [0.05, 0.1) is 22.1 Å². The van der Waals surface area contributed by atoms with Crippen LogP contribution in [0.2, 0.25) is 0 Å². The second-order valence-electron chi connectivity index (χ2n) is 11.2. The van der Waals surface area contributed by atoms with Crippen molar-refractivity contribution in [1.82, 2.24) is 15.3 Å². The van der Waals surface area contributed by atoms with Crippen LogP contribution in [0.25, 0.3) is 10.6 Å². The summed E-state index contributed by atoms with van der Waals surface area (Å²) in [6, 6.07) is 13.2. The summed E-state index contributed by atoms with van der Waals surface area (Å²) in [5.74, 6) is 0.665. The van der Waals surface area contributed by atoms with Crippen molar-refractivity contribution in [2.24, 2.45) is 0 Å². The lowest BCUT2D eigenvalue weighted by Gasteiger charge is -2.46. The first kappa shape index (κ1) is 27.7. The number of hydrogen-bond donors (Lipinski definition) is 2. The van der Waals surface area contributed by atoms with E-state index in [9.17, 15) is 8.42 Å². The molecule has 1 fully saturated rings. The number of nitrogens with zero attached hydrogens (tertiary/aromatic N) is 2. The van der Waals surface area contributed by atoms with E-state index in [1.807, 2.05) is 19.2 Å². The van der Waals surface area contributed by atoms with Gasteiger partial charge in [0.1, 0.15) is 0 Å². The molecule has 0 atom stereocenters. The zero-order chi connectivity index (χ0) is 26.7. The topological polar surface area (TPSA) is 93.2 Å². The number of unbranched alkanes of at least 4 members (excludes halogenated alkanes) is 1. The fourth-order valence-electron chi connectivity index (χ4n) is 5.17. The molecule has 7 nitrogen and oxygen atoms in total. The second kappa shape index (κ2) is 11.2. The van der Waals surface area contributed by atoms with Gasteiger partial charge in [-0.25, -0.2) is 9.97 Å². The normalized spacial score (nSPS) is 17.5. The Balaban J connectivity index is 1.28. The number of benzene rings is 1. The molecule has 2 aromatic heterocycles. The SMILES string of the molecule is Cc1ccc(S(=O)(=O)OCCCCc2ccc(-c3ccnc(NC4CC(C)(C)NC(C)(C)C4)n3)s2)cc1. The number of nitrogens with one attached hydrogen (secondary N) is 2. The molecular weight excluding hydrogens is 504 g/mol. The van der Waals surface area contributed by atoms with Gasteiger partial charge in [0, 0.05) is 28.2 Å². The van der Waals surface area contributed by atoms with E-state index in [1.54, 1.807) is 35.6 Å². The third-order valence-electron chi connectivity index (χ3n) is 6.46. The predicted molar refractivity (Wildman–Crippen MR) is 151 cm³/mol. The number of anilines is 1. The van der Waals surface area contributed by atoms with Gasteiger partial charge >= 0.3 is 0 Å². The highest BCUT2D eigenvalue weighted by atomic mass is 32.2. The maximum absolute atomic E-state index is 12.3. The van der Waals surface area contributed by atoms with E-state index in [4.69, 9.17) is 9.17 Å². The zero-order valence-electron chi connectivity index (χ0n) is 22.4. The number of aryl methyl sites for hydroxylation is 2. The zero-order valence-corrected chi connectivity index (χ0v) is 24.0. The maximum Gasteiger partial charge on any atom is 0.296 e. The van der Waals surface area contributed by atoms with Crippen molar-refractivity contribution in [1.29, 1.82) is 0 Å². The van der Waals surface area contributed by atoms with Crippen molar-refractivity contribution >= 4 is 27.4 Å². The average Bonchev–Trinajstić information content (AvgIpc) is 3.26. The molecular formula is C28H38N4O3S2. The first-order chi connectivity index (χ1) is 17.4. The lowest BCUT2D eigenvalue weighted by Crippen LogP contribution is -2.60. The molecule has 200 valence electrons. The molecule has 1 aliphatic rings. The van der Waals surface area contributed by atoms with E-state index < -0.39 is 10.1 Å². The Hall–Kier alpha value is -2.33. The Kier molecular flexibility index (Phi) is 8.38. The van der Waals surface area contributed by atoms with Crippen LogP contribution >= 0.6 is 11.3 Å². The molecule has 4 rings (SSSR count). The van der Waals surface area contributed by atoms with Crippen molar-refractivity contribution < 1.29 is 12.6 Å². The lowest BCUT2D eigenvalue weighted by molar-refractivity contribution is 0.170. The highest BCUT2D eigenvalue weighted by Crippen LogP contribution is 2.31. The van der Waals surface area contributed by atoms with E-state index in [0.29, 0.717) is 18.4 Å². The maximum atomic E-state index is 12.3. The standard InChI is InChI=1S/C28H38N4O3S2/c1-20-9-12-23(13-10-20)37(33,34)35-17-7-6-8-22-11-14-25(36-22)24-15-16-29-26(31-24)30-21-18-27(2,3)32-28(4,5)19-21/h9-16,21,32H,6-8,17-19H2,1-5H3,(H,29,30,31). The monoisotopic (exact) mass is 542 g/mol. The molecule has 37 heavy (non-hydrogen) atoms. The van der Waals surface area contributed by atoms with Gasteiger partial charge < -0.3 is 10.6 Å². The Bertz CT molecular complexity index is 1280. The molecule has 0 bridgehead atoms. The summed E-state index contributed by atoms with van der Waals surface area (Å²) in [5, 5.41) is 7.28. The molecule has 0 radical (unpaired) electrons. The molecule has 0 aliphatic carbocycles. The summed E-state index contributed by atoms with van der Waals surface area (Å²) >= 11 is 1.71. The summed E-state index contributed by atoms with van der Waals surface area (Å²) in [4.78, 5) is 11.8. The Morgan fingerprint density at radius 1 is 1.03 bits per heavy atom. The molecule has 1 saturated heterocycles. The molecule has 0 spiro atoms. The number of piperidine rings is 1. The fraction of sp³-hybridized carbons (Fsp3) is 0.500. The Labute approximate surface area is 225 Å². The predicted octanol–water partition coefficient (Wildman–Crippen LogP) is 5.96. The van der Waals surface area contributed by atoms with E-state index in [2.05, 4.69) is 55.4 Å². The summed E-state index contributed by atoms with van der Waals surface area (Å²) in [5.41, 5.74) is 2.03. The van der Waals surface area contributed by atoms with Crippen molar-refractivity contribution in [2.75, 3.05) is 11.9 Å². The lowest BCUT2D eigenvalue weighted by atomic mass is 9.80. The average molecular weight is 543 g/mol. The molecule has 0 unspecified atom stereocenters. The minimum absolute atomic E-state index is 0.0512. The molecule has 0 amide bonds. The van der Waals surface area contributed by atoms with Crippen molar-refractivity contribution in [2.45, 2.75) is 88.7 Å². The van der Waals surface area contributed by atoms with Gasteiger partial charge in [0.25, 0.3) is 10.1 Å². The Morgan fingerprint density at radius 3 is 2.43 bits per heavy atom. The van der Waals surface area contributed by atoms with Crippen LogP contribution < -0.4 is 10.6 Å². The van der Waals surface area contributed by atoms with Crippen LogP contribution in [0.5, 0.6) is 0 Å². The van der Waals surface area contributed by atoms with Gasteiger partial charge in [-0.3, -0.25) is 4.18 Å². The highest BCUT2D eigenvalue weighted by molar-refractivity contribution is 7.86. The molecule has 9 heteroatoms. The van der Waals surface area contributed by atoms with E-state index >= 15 is 0 Å². The summed E-state index contributed by atoms with van der Waals surface area (Å²) in [6.45, 7) is 11.1. The number of thiophene rings is 1. The summed E-state index contributed by atoms with van der Waals surface area (Å²) < 4.78 is 29.8. The number of hydrogen-bond acceptors (Lipinski definition) is 8. The van der Waals surface area contributed by atoms with Crippen LogP contribution in [0.3, 0.4) is 0 Å². The van der Waals surface area contributed by atoms with Gasteiger partial charge in [-0.1, -0.05) is 17.7 Å². The van der Waals surface area contributed by atoms with Gasteiger partial charge in [0.2, 0.25) is 5.95 Å². The smallest absolute Gasteiger partial charge is 0.296 e. The quantitative estimate of drug-likeness (QED) is 0.241. The molecule has 2 N–H and O–H groups in total. The van der Waals surface area contributed by atoms with E-state index in [-0.39, 0.29) is 22.6 Å². The largest absolute Gasteiger partial charge is 0.351 e. The van der Waals surface area contributed by atoms with Crippen LogP contribution in [0.4, 0.5) is 5.95 Å².